The first kappa shape index (κ1) is 18.4. The lowest BCUT2D eigenvalue weighted by Crippen LogP contribution is -2.13. The molecule has 0 heterocycles. The van der Waals surface area contributed by atoms with E-state index in [1.807, 2.05) is 0 Å². The fourth-order valence-electron chi connectivity index (χ4n) is 3.45. The van der Waals surface area contributed by atoms with Gasteiger partial charge < -0.3 is 5.11 Å². The molecule has 3 nitrogen and oxygen atoms in total. The van der Waals surface area contributed by atoms with Crippen LogP contribution in [0.3, 0.4) is 0 Å². The van der Waals surface area contributed by atoms with Crippen LogP contribution in [-0.4, -0.2) is 16.9 Å². The van der Waals surface area contributed by atoms with Crippen molar-refractivity contribution < 1.29 is 14.7 Å². The maximum Gasteiger partial charge on any atom is 0.303 e. The van der Waals surface area contributed by atoms with Crippen molar-refractivity contribution in [2.24, 2.45) is 11.8 Å². The summed E-state index contributed by atoms with van der Waals surface area (Å²) in [6.07, 6.45) is 10.9. The van der Waals surface area contributed by atoms with Crippen molar-refractivity contribution >= 4 is 17.8 Å². The second kappa shape index (κ2) is 9.41. The molecule has 1 aromatic rings. The fraction of sp³-hybridized carbons (Fsp3) is 0.524. The number of carboxylic acid groups (broad SMARTS) is 1. The van der Waals surface area contributed by atoms with E-state index in [2.05, 4.69) is 43.3 Å². The molecule has 1 aliphatic carbocycles. The zero-order chi connectivity index (χ0) is 17.4. The summed E-state index contributed by atoms with van der Waals surface area (Å²) in [5.74, 6) is 0.199. The first-order chi connectivity index (χ1) is 11.6. The molecule has 1 aromatic carbocycles. The molecular weight excluding hydrogens is 300 g/mol. The van der Waals surface area contributed by atoms with Crippen LogP contribution >= 0.6 is 0 Å². The van der Waals surface area contributed by atoms with Crippen LogP contribution in [0.5, 0.6) is 0 Å². The maximum absolute atomic E-state index is 12.1. The third-order valence-corrected chi connectivity index (χ3v) is 4.92. The fourth-order valence-corrected chi connectivity index (χ4v) is 3.45. The number of benzene rings is 1. The number of allylic oxidation sites excluding steroid dienone is 1. The van der Waals surface area contributed by atoms with Crippen LogP contribution in [0.25, 0.3) is 6.08 Å². The van der Waals surface area contributed by atoms with Gasteiger partial charge in [0.05, 0.1) is 0 Å². The van der Waals surface area contributed by atoms with Gasteiger partial charge in [0.2, 0.25) is 0 Å². The third-order valence-electron chi connectivity index (χ3n) is 4.92. The number of Topliss-reactive ketones (excluding diaryl/α,β-unsaturated/α-hetero) is 1. The minimum Gasteiger partial charge on any atom is -0.481 e. The predicted molar refractivity (Wildman–Crippen MR) is 96.8 cm³/mol. The topological polar surface area (TPSA) is 54.4 Å². The van der Waals surface area contributed by atoms with Crippen molar-refractivity contribution in [1.82, 2.24) is 0 Å². The summed E-state index contributed by atoms with van der Waals surface area (Å²) in [6.45, 7) is 2.08. The molecular formula is C21H28O3. The van der Waals surface area contributed by atoms with Gasteiger partial charge in [-0.25, -0.2) is 0 Å². The number of hydrogen-bond acceptors (Lipinski definition) is 2. The Labute approximate surface area is 144 Å². The molecule has 130 valence electrons. The molecule has 2 unspecified atom stereocenters. The number of ketones is 1. The second-order valence-corrected chi connectivity index (χ2v) is 6.89. The molecule has 0 saturated heterocycles. The van der Waals surface area contributed by atoms with E-state index >= 15 is 0 Å². The summed E-state index contributed by atoms with van der Waals surface area (Å²) in [5.41, 5.74) is 2.44. The molecule has 0 radical (unpaired) electrons. The Kier molecular flexibility index (Phi) is 7.23. The number of aryl methyl sites for hydroxylation is 1. The van der Waals surface area contributed by atoms with E-state index < -0.39 is 5.97 Å². The van der Waals surface area contributed by atoms with Gasteiger partial charge in [-0.1, -0.05) is 61.2 Å². The minimum atomic E-state index is -0.720. The normalized spacial score (nSPS) is 20.8. The first-order valence-corrected chi connectivity index (χ1v) is 9.05. The average Bonchev–Trinajstić information content (AvgIpc) is 2.90. The van der Waals surface area contributed by atoms with E-state index in [0.717, 1.165) is 38.5 Å². The summed E-state index contributed by atoms with van der Waals surface area (Å²) in [6, 6.07) is 8.43. The Balaban J connectivity index is 1.78. The van der Waals surface area contributed by atoms with E-state index in [0.29, 0.717) is 18.1 Å². The van der Waals surface area contributed by atoms with Crippen molar-refractivity contribution in [3.05, 3.63) is 41.5 Å². The van der Waals surface area contributed by atoms with E-state index in [9.17, 15) is 9.59 Å². The van der Waals surface area contributed by atoms with Gasteiger partial charge in [0, 0.05) is 18.8 Å². The lowest BCUT2D eigenvalue weighted by Gasteiger charge is -2.14. The highest BCUT2D eigenvalue weighted by Gasteiger charge is 2.32. The standard InChI is InChI=1S/C21H28O3/c1-16-8-10-17(11-9-16)12-13-18-14-15-20(22)19(18)6-4-2-3-5-7-21(23)24/h8-13,18-19H,2-7,14-15H2,1H3,(H,23,24). The Bertz CT molecular complexity index is 571. The van der Waals surface area contributed by atoms with Crippen LogP contribution in [-0.2, 0) is 9.59 Å². The summed E-state index contributed by atoms with van der Waals surface area (Å²) in [5, 5.41) is 8.63. The number of rotatable bonds is 9. The van der Waals surface area contributed by atoms with E-state index in [1.54, 1.807) is 0 Å². The van der Waals surface area contributed by atoms with Crippen molar-refractivity contribution in [2.75, 3.05) is 0 Å². The van der Waals surface area contributed by atoms with Crippen molar-refractivity contribution in [3.63, 3.8) is 0 Å². The zero-order valence-electron chi connectivity index (χ0n) is 14.5. The van der Waals surface area contributed by atoms with Gasteiger partial charge in [0.1, 0.15) is 5.78 Å². The Hall–Kier alpha value is -1.90. The monoisotopic (exact) mass is 328 g/mol. The van der Waals surface area contributed by atoms with Gasteiger partial charge in [0.15, 0.2) is 0 Å². The predicted octanol–water partition coefficient (Wildman–Crippen LogP) is 5.03. The van der Waals surface area contributed by atoms with Crippen LogP contribution in [0.4, 0.5) is 0 Å². The quantitative estimate of drug-likeness (QED) is 0.647. The van der Waals surface area contributed by atoms with Crippen LogP contribution in [0.15, 0.2) is 30.3 Å². The molecule has 1 saturated carbocycles. The van der Waals surface area contributed by atoms with E-state index in [1.165, 1.54) is 11.1 Å². The molecule has 2 rings (SSSR count). The Morgan fingerprint density at radius 1 is 1.17 bits per heavy atom. The molecule has 2 atom stereocenters. The lowest BCUT2D eigenvalue weighted by molar-refractivity contribution is -0.137. The maximum atomic E-state index is 12.1. The smallest absolute Gasteiger partial charge is 0.303 e. The molecule has 24 heavy (non-hydrogen) atoms. The number of hydrogen-bond donors (Lipinski definition) is 1. The molecule has 0 amide bonds. The number of carbonyl (C=O) groups excluding carboxylic acids is 1. The molecule has 1 N–H and O–H groups in total. The van der Waals surface area contributed by atoms with E-state index in [4.69, 9.17) is 5.11 Å². The molecule has 3 heteroatoms. The molecule has 0 aromatic heterocycles. The van der Waals surface area contributed by atoms with Gasteiger partial charge in [0.25, 0.3) is 0 Å². The summed E-state index contributed by atoms with van der Waals surface area (Å²) in [7, 11) is 0. The number of carbonyl (C=O) groups is 2. The molecule has 1 fully saturated rings. The second-order valence-electron chi connectivity index (χ2n) is 6.89. The van der Waals surface area contributed by atoms with Crippen LogP contribution in [0.2, 0.25) is 0 Å². The summed E-state index contributed by atoms with van der Waals surface area (Å²) in [4.78, 5) is 22.6. The van der Waals surface area contributed by atoms with Gasteiger partial charge in [-0.15, -0.1) is 0 Å². The van der Waals surface area contributed by atoms with Gasteiger partial charge in [-0.2, -0.15) is 0 Å². The minimum absolute atomic E-state index is 0.158. The Morgan fingerprint density at radius 2 is 1.88 bits per heavy atom. The van der Waals surface area contributed by atoms with Gasteiger partial charge in [-0.3, -0.25) is 9.59 Å². The third kappa shape index (κ3) is 5.95. The highest BCUT2D eigenvalue weighted by molar-refractivity contribution is 5.83. The van der Waals surface area contributed by atoms with Crippen molar-refractivity contribution in [3.8, 4) is 0 Å². The van der Waals surface area contributed by atoms with Crippen LogP contribution in [0.1, 0.15) is 62.5 Å². The zero-order valence-corrected chi connectivity index (χ0v) is 14.5. The average molecular weight is 328 g/mol. The highest BCUT2D eigenvalue weighted by Crippen LogP contribution is 2.34. The van der Waals surface area contributed by atoms with Crippen molar-refractivity contribution in [1.29, 1.82) is 0 Å². The Morgan fingerprint density at radius 3 is 2.58 bits per heavy atom. The number of carboxylic acids is 1. The largest absolute Gasteiger partial charge is 0.481 e. The van der Waals surface area contributed by atoms with Crippen LogP contribution in [0, 0.1) is 18.8 Å². The van der Waals surface area contributed by atoms with Gasteiger partial charge >= 0.3 is 5.97 Å². The number of aliphatic carboxylic acids is 1. The molecule has 0 aliphatic heterocycles. The van der Waals surface area contributed by atoms with Crippen molar-refractivity contribution in [2.45, 2.75) is 58.3 Å². The van der Waals surface area contributed by atoms with E-state index in [-0.39, 0.29) is 12.3 Å². The summed E-state index contributed by atoms with van der Waals surface area (Å²) < 4.78 is 0. The summed E-state index contributed by atoms with van der Waals surface area (Å²) >= 11 is 0. The first-order valence-electron chi connectivity index (χ1n) is 9.05. The number of unbranched alkanes of at least 4 members (excludes halogenated alkanes) is 3. The molecule has 0 bridgehead atoms. The molecule has 1 aliphatic rings. The SMILES string of the molecule is Cc1ccc(C=CC2CCC(=O)C2CCCCCCC(=O)O)cc1. The molecule has 0 spiro atoms. The lowest BCUT2D eigenvalue weighted by atomic mass is 9.89. The highest BCUT2D eigenvalue weighted by atomic mass is 16.4. The van der Waals surface area contributed by atoms with Gasteiger partial charge in [-0.05, 0) is 37.7 Å². The van der Waals surface area contributed by atoms with Crippen LogP contribution < -0.4 is 0 Å².